The number of carboxylic acid groups (broad SMARTS) is 1. The molecule has 0 fully saturated rings. The molecule has 1 aromatic heterocycles. The third kappa shape index (κ3) is 2.58. The summed E-state index contributed by atoms with van der Waals surface area (Å²) < 4.78 is 36.5. The van der Waals surface area contributed by atoms with Crippen molar-refractivity contribution in [2.24, 2.45) is 0 Å². The first-order valence-electron chi connectivity index (χ1n) is 4.77. The number of rotatable bonds is 2. The lowest BCUT2D eigenvalue weighted by atomic mass is 10.1. The number of aromatic carboxylic acids is 1. The van der Waals surface area contributed by atoms with Crippen LogP contribution in [0.25, 0.3) is 10.9 Å². The van der Waals surface area contributed by atoms with Gasteiger partial charge in [0.05, 0.1) is 12.0 Å². The van der Waals surface area contributed by atoms with E-state index < -0.39 is 18.6 Å². The minimum atomic E-state index is -4.28. The topological polar surface area (TPSA) is 53.1 Å². The summed E-state index contributed by atoms with van der Waals surface area (Å²) in [6, 6.07) is 5.46. The highest BCUT2D eigenvalue weighted by molar-refractivity contribution is 5.93. The highest BCUT2D eigenvalue weighted by atomic mass is 19.4. The second-order valence-corrected chi connectivity index (χ2v) is 3.69. The van der Waals surface area contributed by atoms with Gasteiger partial charge in [-0.05, 0) is 24.3 Å². The molecule has 0 radical (unpaired) electrons. The Morgan fingerprint density at radius 3 is 2.59 bits per heavy atom. The normalized spacial score (nSPS) is 11.9. The quantitative estimate of drug-likeness (QED) is 0.851. The summed E-state index contributed by atoms with van der Waals surface area (Å²) in [5.74, 6) is -1.11. The van der Waals surface area contributed by atoms with Crippen LogP contribution in [0.3, 0.4) is 0 Å². The van der Waals surface area contributed by atoms with E-state index >= 15 is 0 Å². The maximum Gasteiger partial charge on any atom is 0.394 e. The van der Waals surface area contributed by atoms with Gasteiger partial charge in [-0.1, -0.05) is 0 Å². The zero-order valence-corrected chi connectivity index (χ0v) is 8.51. The fourth-order valence-corrected chi connectivity index (χ4v) is 1.64. The third-order valence-electron chi connectivity index (χ3n) is 2.31. The third-order valence-corrected chi connectivity index (χ3v) is 2.31. The molecule has 0 atom stereocenters. The van der Waals surface area contributed by atoms with Gasteiger partial charge in [0.15, 0.2) is 0 Å². The van der Waals surface area contributed by atoms with Crippen LogP contribution in [0, 0.1) is 0 Å². The van der Waals surface area contributed by atoms with Crippen LogP contribution < -0.4 is 0 Å². The Morgan fingerprint density at radius 2 is 2.00 bits per heavy atom. The lowest BCUT2D eigenvalue weighted by Gasteiger charge is -2.02. The second kappa shape index (κ2) is 3.80. The maximum absolute atomic E-state index is 12.2. The molecule has 0 saturated carbocycles. The van der Waals surface area contributed by atoms with Crippen molar-refractivity contribution in [1.82, 2.24) is 4.98 Å². The summed E-state index contributed by atoms with van der Waals surface area (Å²) in [5, 5.41) is 9.21. The largest absolute Gasteiger partial charge is 0.478 e. The number of fused-ring (bicyclic) bond motifs is 1. The van der Waals surface area contributed by atoms with Crippen molar-refractivity contribution < 1.29 is 23.1 Å². The smallest absolute Gasteiger partial charge is 0.394 e. The van der Waals surface area contributed by atoms with E-state index in [1.54, 1.807) is 0 Å². The van der Waals surface area contributed by atoms with Crippen molar-refractivity contribution in [3.05, 3.63) is 35.5 Å². The van der Waals surface area contributed by atoms with Crippen molar-refractivity contribution in [3.63, 3.8) is 0 Å². The van der Waals surface area contributed by atoms with E-state index in [0.29, 0.717) is 10.9 Å². The van der Waals surface area contributed by atoms with Gasteiger partial charge < -0.3 is 10.1 Å². The van der Waals surface area contributed by atoms with Crippen molar-refractivity contribution in [2.75, 3.05) is 0 Å². The number of carboxylic acids is 1. The summed E-state index contributed by atoms with van der Waals surface area (Å²) >= 11 is 0. The molecule has 6 heteroatoms. The monoisotopic (exact) mass is 243 g/mol. The SMILES string of the molecule is O=C(O)c1ccc2[nH]c(CC(F)(F)F)cc2c1. The van der Waals surface area contributed by atoms with E-state index in [9.17, 15) is 18.0 Å². The number of H-pyrrole nitrogens is 1. The first-order valence-corrected chi connectivity index (χ1v) is 4.77. The number of halogens is 3. The highest BCUT2D eigenvalue weighted by Gasteiger charge is 2.28. The molecule has 2 aromatic rings. The molecule has 0 aliphatic carbocycles. The number of hydrogen-bond acceptors (Lipinski definition) is 1. The molecular weight excluding hydrogens is 235 g/mol. The number of aromatic amines is 1. The summed E-state index contributed by atoms with van der Waals surface area (Å²) in [6.07, 6.45) is -5.33. The molecule has 1 heterocycles. The minimum absolute atomic E-state index is 0.0232. The summed E-state index contributed by atoms with van der Waals surface area (Å²) in [4.78, 5) is 13.3. The number of alkyl halides is 3. The molecular formula is C11H8F3NO2. The van der Waals surface area contributed by atoms with Crippen LogP contribution in [-0.2, 0) is 6.42 Å². The number of carbonyl (C=O) groups is 1. The summed E-state index contributed by atoms with van der Waals surface area (Å²) in [7, 11) is 0. The predicted molar refractivity (Wildman–Crippen MR) is 55.0 cm³/mol. The van der Waals surface area contributed by atoms with Gasteiger partial charge in [-0.2, -0.15) is 13.2 Å². The van der Waals surface area contributed by atoms with Crippen LogP contribution >= 0.6 is 0 Å². The number of nitrogens with one attached hydrogen (secondary N) is 1. The van der Waals surface area contributed by atoms with Gasteiger partial charge in [-0.15, -0.1) is 0 Å². The molecule has 90 valence electrons. The number of hydrogen-bond donors (Lipinski definition) is 2. The van der Waals surface area contributed by atoms with Crippen LogP contribution in [0.15, 0.2) is 24.3 Å². The van der Waals surface area contributed by atoms with Gasteiger partial charge in [-0.25, -0.2) is 4.79 Å². The van der Waals surface area contributed by atoms with Crippen LogP contribution in [0.2, 0.25) is 0 Å². The molecule has 0 aliphatic rings. The first kappa shape index (κ1) is 11.5. The standard InChI is InChI=1S/C11H8F3NO2/c12-11(13,14)5-8-4-7-3-6(10(16)17)1-2-9(7)15-8/h1-4,15H,5H2,(H,16,17). The Bertz CT molecular complexity index is 572. The molecule has 3 nitrogen and oxygen atoms in total. The van der Waals surface area contributed by atoms with Crippen molar-refractivity contribution in [2.45, 2.75) is 12.6 Å². The zero-order valence-electron chi connectivity index (χ0n) is 8.51. The van der Waals surface area contributed by atoms with Crippen LogP contribution in [-0.4, -0.2) is 22.2 Å². The van der Waals surface area contributed by atoms with E-state index in [4.69, 9.17) is 5.11 Å². The summed E-state index contributed by atoms with van der Waals surface area (Å²) in [6.45, 7) is 0. The molecule has 1 aromatic carbocycles. The molecule has 0 bridgehead atoms. The zero-order chi connectivity index (χ0) is 12.6. The number of benzene rings is 1. The van der Waals surface area contributed by atoms with Gasteiger partial charge in [0, 0.05) is 16.6 Å². The number of aromatic nitrogens is 1. The van der Waals surface area contributed by atoms with Gasteiger partial charge >= 0.3 is 12.1 Å². The highest BCUT2D eigenvalue weighted by Crippen LogP contribution is 2.24. The Hall–Kier alpha value is -1.98. The molecule has 0 aliphatic heterocycles. The maximum atomic E-state index is 12.2. The average Bonchev–Trinajstić information content (AvgIpc) is 2.54. The van der Waals surface area contributed by atoms with E-state index in [-0.39, 0.29) is 11.3 Å². The Labute approximate surface area is 93.9 Å². The van der Waals surface area contributed by atoms with Gasteiger partial charge in [0.25, 0.3) is 0 Å². The fraction of sp³-hybridized carbons (Fsp3) is 0.182. The molecule has 0 spiro atoms. The fourth-order valence-electron chi connectivity index (χ4n) is 1.64. The molecule has 0 unspecified atom stereocenters. The van der Waals surface area contributed by atoms with Crippen LogP contribution in [0.5, 0.6) is 0 Å². The average molecular weight is 243 g/mol. The van der Waals surface area contributed by atoms with Gasteiger partial charge in [0.2, 0.25) is 0 Å². The molecule has 0 amide bonds. The predicted octanol–water partition coefficient (Wildman–Crippen LogP) is 2.97. The van der Waals surface area contributed by atoms with E-state index in [2.05, 4.69) is 4.98 Å². The van der Waals surface area contributed by atoms with Crippen LogP contribution in [0.1, 0.15) is 16.1 Å². The molecule has 2 rings (SSSR count). The van der Waals surface area contributed by atoms with Gasteiger partial charge in [-0.3, -0.25) is 0 Å². The van der Waals surface area contributed by atoms with Crippen molar-refractivity contribution in [3.8, 4) is 0 Å². The van der Waals surface area contributed by atoms with Crippen molar-refractivity contribution >= 4 is 16.9 Å². The second-order valence-electron chi connectivity index (χ2n) is 3.69. The lowest BCUT2D eigenvalue weighted by molar-refractivity contribution is -0.127. The molecule has 2 N–H and O–H groups in total. The Kier molecular flexibility index (Phi) is 2.57. The summed E-state index contributed by atoms with van der Waals surface area (Å²) in [5.41, 5.74) is 0.569. The molecule has 17 heavy (non-hydrogen) atoms. The lowest BCUT2D eigenvalue weighted by Crippen LogP contribution is -2.11. The Morgan fingerprint density at radius 1 is 1.29 bits per heavy atom. The van der Waals surface area contributed by atoms with Crippen LogP contribution in [0.4, 0.5) is 13.2 Å². The van der Waals surface area contributed by atoms with Gasteiger partial charge in [0.1, 0.15) is 0 Å². The van der Waals surface area contributed by atoms with E-state index in [0.717, 1.165) is 0 Å². The minimum Gasteiger partial charge on any atom is -0.478 e. The molecule has 0 saturated heterocycles. The Balaban J connectivity index is 2.40. The van der Waals surface area contributed by atoms with Crippen molar-refractivity contribution in [1.29, 1.82) is 0 Å². The van der Waals surface area contributed by atoms with E-state index in [1.807, 2.05) is 0 Å². The van der Waals surface area contributed by atoms with E-state index in [1.165, 1.54) is 24.3 Å². The first-order chi connectivity index (χ1) is 7.85.